The van der Waals surface area contributed by atoms with Crippen molar-refractivity contribution in [2.45, 2.75) is 37.4 Å². The first-order valence-electron chi connectivity index (χ1n) is 6.09. The zero-order valence-electron chi connectivity index (χ0n) is 11.0. The molecule has 0 radical (unpaired) electrons. The smallest absolute Gasteiger partial charge is 0.315 e. The summed E-state index contributed by atoms with van der Waals surface area (Å²) < 4.78 is 49.4. The van der Waals surface area contributed by atoms with E-state index in [-0.39, 0.29) is 4.90 Å². The van der Waals surface area contributed by atoms with E-state index in [4.69, 9.17) is 0 Å². The van der Waals surface area contributed by atoms with Gasteiger partial charge in [0.05, 0.1) is 16.4 Å². The summed E-state index contributed by atoms with van der Waals surface area (Å²) in [5.74, 6) is 0.362. The van der Waals surface area contributed by atoms with Gasteiger partial charge in [0, 0.05) is 16.7 Å². The highest BCUT2D eigenvalue weighted by Crippen LogP contribution is 2.30. The molecule has 19 heavy (non-hydrogen) atoms. The number of hydrogen-bond donors (Lipinski definition) is 1. The van der Waals surface area contributed by atoms with Crippen molar-refractivity contribution in [2.24, 2.45) is 0 Å². The molecule has 108 valence electrons. The van der Waals surface area contributed by atoms with Gasteiger partial charge in [-0.3, -0.25) is 4.21 Å². The van der Waals surface area contributed by atoms with Crippen LogP contribution in [0.15, 0.2) is 29.2 Å². The predicted octanol–water partition coefficient (Wildman–Crippen LogP) is 3.20. The van der Waals surface area contributed by atoms with Gasteiger partial charge in [-0.1, -0.05) is 19.9 Å². The Morgan fingerprint density at radius 3 is 2.58 bits per heavy atom. The van der Waals surface area contributed by atoms with Gasteiger partial charge in [-0.15, -0.1) is 0 Å². The van der Waals surface area contributed by atoms with E-state index in [1.54, 1.807) is 0 Å². The van der Waals surface area contributed by atoms with Crippen LogP contribution in [0.4, 0.5) is 13.2 Å². The normalized spacial score (nSPS) is 13.8. The van der Waals surface area contributed by atoms with Crippen molar-refractivity contribution in [1.29, 1.82) is 0 Å². The summed E-state index contributed by atoms with van der Waals surface area (Å²) in [5.41, 5.74) is -0.751. The van der Waals surface area contributed by atoms with Crippen LogP contribution in [0, 0.1) is 0 Å². The lowest BCUT2D eigenvalue weighted by atomic mass is 10.2. The second-order valence-corrected chi connectivity index (χ2v) is 6.11. The highest BCUT2D eigenvalue weighted by molar-refractivity contribution is 7.85. The molecule has 0 bridgehead atoms. The number of alkyl halides is 3. The molecule has 0 aromatic heterocycles. The third-order valence-electron chi connectivity index (χ3n) is 2.48. The summed E-state index contributed by atoms with van der Waals surface area (Å²) in [6.45, 7) is 4.72. The molecule has 0 spiro atoms. The molecule has 1 aromatic carbocycles. The molecule has 0 heterocycles. The van der Waals surface area contributed by atoms with E-state index >= 15 is 0 Å². The quantitative estimate of drug-likeness (QED) is 0.816. The highest BCUT2D eigenvalue weighted by atomic mass is 32.2. The number of halogens is 3. The van der Waals surface area contributed by atoms with Gasteiger partial charge in [0.15, 0.2) is 0 Å². The van der Waals surface area contributed by atoms with Gasteiger partial charge in [0.1, 0.15) is 0 Å². The van der Waals surface area contributed by atoms with Crippen molar-refractivity contribution in [3.05, 3.63) is 29.8 Å². The van der Waals surface area contributed by atoms with Crippen LogP contribution < -0.4 is 5.32 Å². The highest BCUT2D eigenvalue weighted by Gasteiger charge is 2.30. The molecule has 1 rings (SSSR count). The minimum absolute atomic E-state index is 0.236. The summed E-state index contributed by atoms with van der Waals surface area (Å²) in [6.07, 6.45) is -3.72. The minimum Gasteiger partial charge on any atom is -0.315 e. The summed E-state index contributed by atoms with van der Waals surface area (Å²) in [7, 11) is -1.38. The SMILES string of the molecule is CC(C)NCCCS(=O)c1cccc(C(F)(F)F)c1. The number of nitrogens with one attached hydrogen (secondary N) is 1. The van der Waals surface area contributed by atoms with Crippen molar-refractivity contribution >= 4 is 10.8 Å². The first kappa shape index (κ1) is 16.2. The van der Waals surface area contributed by atoms with Crippen molar-refractivity contribution < 1.29 is 17.4 Å². The monoisotopic (exact) mass is 293 g/mol. The van der Waals surface area contributed by atoms with Crippen LogP contribution in [-0.2, 0) is 17.0 Å². The Morgan fingerprint density at radius 1 is 1.32 bits per heavy atom. The second-order valence-electron chi connectivity index (χ2n) is 4.54. The predicted molar refractivity (Wildman–Crippen MR) is 70.5 cm³/mol. The fourth-order valence-electron chi connectivity index (χ4n) is 1.53. The first-order chi connectivity index (χ1) is 8.80. The maximum Gasteiger partial charge on any atom is 0.416 e. The van der Waals surface area contributed by atoms with Gasteiger partial charge in [0.2, 0.25) is 0 Å². The molecule has 0 saturated carbocycles. The van der Waals surface area contributed by atoms with Crippen molar-refractivity contribution in [2.75, 3.05) is 12.3 Å². The Kier molecular flexibility index (Phi) is 6.00. The molecule has 1 unspecified atom stereocenters. The third kappa shape index (κ3) is 5.74. The second kappa shape index (κ2) is 7.05. The number of benzene rings is 1. The molecule has 6 heteroatoms. The molecular weight excluding hydrogens is 275 g/mol. The number of hydrogen-bond acceptors (Lipinski definition) is 2. The Bertz CT molecular complexity index is 432. The van der Waals surface area contributed by atoms with E-state index in [0.717, 1.165) is 12.1 Å². The molecule has 0 aliphatic carbocycles. The van der Waals surface area contributed by atoms with Gasteiger partial charge in [-0.25, -0.2) is 0 Å². The summed E-state index contributed by atoms with van der Waals surface area (Å²) in [4.78, 5) is 0.236. The van der Waals surface area contributed by atoms with Crippen LogP contribution in [-0.4, -0.2) is 22.5 Å². The largest absolute Gasteiger partial charge is 0.416 e. The van der Waals surface area contributed by atoms with Crippen molar-refractivity contribution in [1.82, 2.24) is 5.32 Å². The maximum absolute atomic E-state index is 12.5. The molecular formula is C13H18F3NOS. The summed E-state index contributed by atoms with van der Waals surface area (Å²) >= 11 is 0. The van der Waals surface area contributed by atoms with Gasteiger partial charge in [0.25, 0.3) is 0 Å². The molecule has 1 N–H and O–H groups in total. The fourth-order valence-corrected chi connectivity index (χ4v) is 2.66. The molecule has 0 aliphatic rings. The van der Waals surface area contributed by atoms with Crippen LogP contribution in [0.5, 0.6) is 0 Å². The van der Waals surface area contributed by atoms with Crippen LogP contribution in [0.25, 0.3) is 0 Å². The maximum atomic E-state index is 12.5. The Morgan fingerprint density at radius 2 is 2.00 bits per heavy atom. The third-order valence-corrected chi connectivity index (χ3v) is 3.92. The molecule has 1 atom stereocenters. The Balaban J connectivity index is 2.58. The summed E-state index contributed by atoms with van der Waals surface area (Å²) in [5, 5.41) is 3.17. The molecule has 0 amide bonds. The molecule has 0 saturated heterocycles. The van der Waals surface area contributed by atoms with E-state index in [2.05, 4.69) is 5.32 Å². The van der Waals surface area contributed by atoms with Crippen LogP contribution in [0.1, 0.15) is 25.8 Å². The van der Waals surface area contributed by atoms with Gasteiger partial charge in [-0.05, 0) is 31.2 Å². The lowest BCUT2D eigenvalue weighted by molar-refractivity contribution is -0.137. The zero-order chi connectivity index (χ0) is 14.5. The topological polar surface area (TPSA) is 29.1 Å². The van der Waals surface area contributed by atoms with Gasteiger partial charge in [-0.2, -0.15) is 13.2 Å². The van der Waals surface area contributed by atoms with E-state index in [1.807, 2.05) is 13.8 Å². The Labute approximate surface area is 113 Å². The van der Waals surface area contributed by atoms with Crippen molar-refractivity contribution in [3.8, 4) is 0 Å². The van der Waals surface area contributed by atoms with Crippen LogP contribution in [0.3, 0.4) is 0 Å². The van der Waals surface area contributed by atoms with Crippen molar-refractivity contribution in [3.63, 3.8) is 0 Å². The average molecular weight is 293 g/mol. The lowest BCUT2D eigenvalue weighted by Gasteiger charge is -2.09. The molecule has 1 aromatic rings. The van der Waals surface area contributed by atoms with Crippen LogP contribution >= 0.6 is 0 Å². The van der Waals surface area contributed by atoms with E-state index in [9.17, 15) is 17.4 Å². The fraction of sp³-hybridized carbons (Fsp3) is 0.538. The lowest BCUT2D eigenvalue weighted by Crippen LogP contribution is -2.24. The van der Waals surface area contributed by atoms with E-state index < -0.39 is 22.5 Å². The summed E-state index contributed by atoms with van der Waals surface area (Å²) in [6, 6.07) is 5.07. The molecule has 2 nitrogen and oxygen atoms in total. The molecule has 0 aliphatic heterocycles. The average Bonchev–Trinajstić information content (AvgIpc) is 2.33. The van der Waals surface area contributed by atoms with Gasteiger partial charge >= 0.3 is 6.18 Å². The van der Waals surface area contributed by atoms with E-state index in [1.165, 1.54) is 12.1 Å². The minimum atomic E-state index is -4.39. The van der Waals surface area contributed by atoms with E-state index in [0.29, 0.717) is 24.8 Å². The number of rotatable bonds is 6. The van der Waals surface area contributed by atoms with Crippen LogP contribution in [0.2, 0.25) is 0 Å². The molecule has 0 fully saturated rings. The first-order valence-corrected chi connectivity index (χ1v) is 7.41. The Hall–Kier alpha value is -0.880. The zero-order valence-corrected chi connectivity index (χ0v) is 11.8. The van der Waals surface area contributed by atoms with Gasteiger partial charge < -0.3 is 5.32 Å². The standard InChI is InChI=1S/C13H18F3NOS/c1-10(2)17-7-4-8-19(18)12-6-3-5-11(9-12)13(14,15)16/h3,5-6,9-10,17H,4,7-8H2,1-2H3.